The molecule has 6 heterocycles. The number of Topliss-reactive ketones (excluding diaryl/α,β-unsaturated/α-hetero) is 3. The SMILES string of the molecule is C#CCN(Cc1cnc2nc(N)[nH]c(=O)c2c1)c1ccc(C(C)=O)cc1.CC(=O)c1ccc(NCC2CNc3nc(N)[nH]c(=O)c3C2)cc1.CC(=O)c1ccc(NCc2cnc3nc(N)[nH]c(=O)c3c2)cc1. The second-order valence-corrected chi connectivity index (χ2v) is 16.7. The molecule has 0 spiro atoms. The Morgan fingerprint density at radius 1 is 0.667 bits per heavy atom. The molecular formula is C51H51N15O6. The molecule has 21 nitrogen and oxygen atoms in total. The molecule has 21 heteroatoms. The highest BCUT2D eigenvalue weighted by atomic mass is 16.1. The zero-order valence-corrected chi connectivity index (χ0v) is 39.5. The van der Waals surface area contributed by atoms with Crippen molar-refractivity contribution in [1.29, 1.82) is 0 Å². The number of carbonyl (C=O) groups excluding carboxylic acids is 3. The summed E-state index contributed by atoms with van der Waals surface area (Å²) in [5, 5.41) is 10.5. The summed E-state index contributed by atoms with van der Waals surface area (Å²) in [6.45, 7) is 7.36. The maximum absolute atomic E-state index is 12.0. The third-order valence-corrected chi connectivity index (χ3v) is 11.3. The highest BCUT2D eigenvalue weighted by Gasteiger charge is 2.22. The van der Waals surface area contributed by atoms with Crippen LogP contribution in [0.2, 0.25) is 0 Å². The van der Waals surface area contributed by atoms with Gasteiger partial charge in [0.15, 0.2) is 28.6 Å². The lowest BCUT2D eigenvalue weighted by Crippen LogP contribution is -2.34. The van der Waals surface area contributed by atoms with Crippen molar-refractivity contribution >= 4 is 80.1 Å². The number of hydrogen-bond acceptors (Lipinski definition) is 18. The van der Waals surface area contributed by atoms with Gasteiger partial charge in [0.05, 0.1) is 22.9 Å². The lowest BCUT2D eigenvalue weighted by atomic mass is 9.96. The van der Waals surface area contributed by atoms with Crippen LogP contribution < -0.4 is 54.7 Å². The van der Waals surface area contributed by atoms with Crippen LogP contribution in [0.4, 0.5) is 40.7 Å². The first-order valence-corrected chi connectivity index (χ1v) is 22.4. The molecule has 8 aromatic rings. The molecule has 1 unspecified atom stereocenters. The van der Waals surface area contributed by atoms with E-state index in [1.165, 1.54) is 13.8 Å². The van der Waals surface area contributed by atoms with Crippen molar-refractivity contribution in [3.63, 3.8) is 0 Å². The number of anilines is 7. The fraction of sp³-hybridized carbons (Fsp3) is 0.196. The fourth-order valence-electron chi connectivity index (χ4n) is 7.53. The largest absolute Gasteiger partial charge is 0.385 e. The topological polar surface area (TPSA) is 332 Å². The van der Waals surface area contributed by atoms with Crippen molar-refractivity contribution in [3.05, 3.63) is 162 Å². The van der Waals surface area contributed by atoms with Gasteiger partial charge in [0.1, 0.15) is 5.82 Å². The predicted octanol–water partition coefficient (Wildman–Crippen LogP) is 4.71. The van der Waals surface area contributed by atoms with Crippen molar-refractivity contribution in [2.45, 2.75) is 40.3 Å². The monoisotopic (exact) mass is 969 g/mol. The molecular weight excluding hydrogens is 919 g/mol. The van der Waals surface area contributed by atoms with Crippen LogP contribution in [0.25, 0.3) is 22.1 Å². The van der Waals surface area contributed by atoms with E-state index in [-0.39, 0.29) is 57.8 Å². The van der Waals surface area contributed by atoms with Gasteiger partial charge >= 0.3 is 0 Å². The Balaban J connectivity index is 0.000000159. The average Bonchev–Trinajstić information content (AvgIpc) is 3.36. The summed E-state index contributed by atoms with van der Waals surface area (Å²) >= 11 is 0. The summed E-state index contributed by atoms with van der Waals surface area (Å²) in [5.41, 5.74) is 23.3. The molecule has 0 amide bonds. The Hall–Kier alpha value is -9.71. The van der Waals surface area contributed by atoms with Crippen LogP contribution in [-0.4, -0.2) is 76.9 Å². The minimum Gasteiger partial charge on any atom is -0.385 e. The van der Waals surface area contributed by atoms with E-state index in [4.69, 9.17) is 23.6 Å². The average molecular weight is 970 g/mol. The van der Waals surface area contributed by atoms with Crippen LogP contribution in [0.3, 0.4) is 0 Å². The van der Waals surface area contributed by atoms with E-state index in [2.05, 4.69) is 61.7 Å². The van der Waals surface area contributed by atoms with Gasteiger partial charge in [0.2, 0.25) is 17.8 Å². The van der Waals surface area contributed by atoms with Crippen LogP contribution in [0.1, 0.15) is 68.5 Å². The molecule has 9 rings (SSSR count). The second kappa shape index (κ2) is 22.6. The van der Waals surface area contributed by atoms with Crippen molar-refractivity contribution in [1.82, 2.24) is 39.9 Å². The zero-order valence-electron chi connectivity index (χ0n) is 39.5. The summed E-state index contributed by atoms with van der Waals surface area (Å²) in [6, 6.07) is 25.2. The van der Waals surface area contributed by atoms with Crippen LogP contribution in [0.15, 0.2) is 112 Å². The number of nitrogens with one attached hydrogen (secondary N) is 6. The highest BCUT2D eigenvalue weighted by molar-refractivity contribution is 5.95. The van der Waals surface area contributed by atoms with Gasteiger partial charge in [-0.2, -0.15) is 15.0 Å². The molecule has 0 saturated carbocycles. The van der Waals surface area contributed by atoms with Crippen molar-refractivity contribution in [2.24, 2.45) is 5.92 Å². The Labute approximate surface area is 411 Å². The second-order valence-electron chi connectivity index (χ2n) is 16.7. The summed E-state index contributed by atoms with van der Waals surface area (Å²) < 4.78 is 0. The number of nitrogens with zero attached hydrogens (tertiary/aromatic N) is 6. The molecule has 0 aliphatic carbocycles. The number of ketones is 3. The Kier molecular flexibility index (Phi) is 15.7. The molecule has 0 saturated heterocycles. The molecule has 72 heavy (non-hydrogen) atoms. The summed E-state index contributed by atoms with van der Waals surface area (Å²) in [5.74, 6) is 3.75. The summed E-state index contributed by atoms with van der Waals surface area (Å²) in [7, 11) is 0. The van der Waals surface area contributed by atoms with Gasteiger partial charge in [0.25, 0.3) is 16.7 Å². The van der Waals surface area contributed by atoms with Crippen LogP contribution >= 0.6 is 0 Å². The third kappa shape index (κ3) is 12.9. The van der Waals surface area contributed by atoms with E-state index >= 15 is 0 Å². The number of terminal acetylenes is 1. The molecule has 1 atom stereocenters. The molecule has 1 aliphatic rings. The Morgan fingerprint density at radius 2 is 1.14 bits per heavy atom. The van der Waals surface area contributed by atoms with Gasteiger partial charge in [-0.1, -0.05) is 5.92 Å². The van der Waals surface area contributed by atoms with E-state index in [0.717, 1.165) is 41.3 Å². The van der Waals surface area contributed by atoms with Crippen LogP contribution in [0, 0.1) is 18.3 Å². The minimum atomic E-state index is -0.337. The molecule has 5 aromatic heterocycles. The van der Waals surface area contributed by atoms with Gasteiger partial charge in [-0.25, -0.2) is 9.97 Å². The number of aromatic nitrogens is 8. The van der Waals surface area contributed by atoms with Crippen molar-refractivity contribution < 1.29 is 14.4 Å². The van der Waals surface area contributed by atoms with Gasteiger partial charge in [-0.15, -0.1) is 6.42 Å². The molecule has 3 aromatic carbocycles. The number of pyridine rings is 2. The van der Waals surface area contributed by atoms with Gasteiger partial charge in [-0.05, 0) is 129 Å². The van der Waals surface area contributed by atoms with Crippen molar-refractivity contribution in [2.75, 3.05) is 57.7 Å². The number of rotatable bonds is 13. The van der Waals surface area contributed by atoms with Gasteiger partial charge < -0.3 is 38.1 Å². The Bertz CT molecular complexity index is 3510. The highest BCUT2D eigenvalue weighted by Crippen LogP contribution is 2.22. The Morgan fingerprint density at radius 3 is 1.67 bits per heavy atom. The first kappa shape index (κ1) is 50.2. The molecule has 0 fully saturated rings. The molecule has 0 bridgehead atoms. The minimum absolute atomic E-state index is 0.00442. The lowest BCUT2D eigenvalue weighted by molar-refractivity contribution is 0.100. The number of nitrogens with two attached hydrogens (primary N) is 3. The van der Waals surface area contributed by atoms with E-state index in [9.17, 15) is 28.8 Å². The first-order chi connectivity index (χ1) is 34.5. The lowest BCUT2D eigenvalue weighted by Gasteiger charge is -2.25. The van der Waals surface area contributed by atoms with E-state index in [1.54, 1.807) is 67.8 Å². The van der Waals surface area contributed by atoms with Gasteiger partial charge in [-0.3, -0.25) is 43.7 Å². The molecule has 12 N–H and O–H groups in total. The first-order valence-electron chi connectivity index (χ1n) is 22.4. The van der Waals surface area contributed by atoms with Crippen molar-refractivity contribution in [3.8, 4) is 12.3 Å². The number of H-pyrrole nitrogens is 3. The van der Waals surface area contributed by atoms with E-state index < -0.39 is 0 Å². The fourth-order valence-corrected chi connectivity index (χ4v) is 7.53. The smallest absolute Gasteiger partial charge is 0.261 e. The number of hydrogen-bond donors (Lipinski definition) is 9. The molecule has 366 valence electrons. The van der Waals surface area contributed by atoms with Crippen LogP contribution in [0.5, 0.6) is 0 Å². The molecule has 1 aliphatic heterocycles. The van der Waals surface area contributed by atoms with Gasteiger partial charge in [0, 0.05) is 72.3 Å². The summed E-state index contributed by atoms with van der Waals surface area (Å²) in [6.07, 6.45) is 9.42. The molecule has 0 radical (unpaired) electrons. The van der Waals surface area contributed by atoms with Crippen LogP contribution in [-0.2, 0) is 19.5 Å². The normalized spacial score (nSPS) is 12.4. The number of aromatic amines is 3. The number of nitrogen functional groups attached to an aromatic ring is 3. The van der Waals surface area contributed by atoms with E-state index in [0.29, 0.717) is 76.2 Å². The third-order valence-electron chi connectivity index (χ3n) is 11.3. The maximum atomic E-state index is 12.0. The standard InChI is InChI=1S/C19H17N5O2.C16H19N5O2.C16H15N5O2/c1-3-8-24(15-6-4-14(5-7-15)12(2)25)11-13-9-16-17(21-10-13)22-19(20)23-18(16)26;2*1-9(22)11-2-4-12(5-3-11)18-7-10-6-13-14(19-8-10)20-16(17)21-15(13)23/h1,4-7,9-10H,8,11H2,2H3,(H3,20,21,22,23,26);2-5,10,18H,6-8H2,1H3,(H4,17,19,20,21,23);2-6,8,18H,7H2,1H3,(H3,17,19,20,21,23). The maximum Gasteiger partial charge on any atom is 0.261 e. The van der Waals surface area contributed by atoms with E-state index in [1.807, 2.05) is 41.3 Å². The number of benzene rings is 3. The number of fused-ring (bicyclic) bond motifs is 3. The zero-order chi connectivity index (χ0) is 51.5. The number of carbonyl (C=O) groups is 3. The summed E-state index contributed by atoms with van der Waals surface area (Å²) in [4.78, 5) is 99.6. The predicted molar refractivity (Wildman–Crippen MR) is 279 cm³/mol. The quantitative estimate of drug-likeness (QED) is 0.0558.